The monoisotopic (exact) mass is 751 g/mol. The van der Waals surface area contributed by atoms with Crippen molar-refractivity contribution in [2.75, 3.05) is 10.6 Å². The van der Waals surface area contributed by atoms with Gasteiger partial charge in [-0.2, -0.15) is 10.2 Å². The van der Waals surface area contributed by atoms with E-state index in [9.17, 15) is 19.7 Å². The van der Waals surface area contributed by atoms with Crippen molar-refractivity contribution in [3.05, 3.63) is 178 Å². The Morgan fingerprint density at radius 1 is 0.684 bits per heavy atom. The van der Waals surface area contributed by atoms with Crippen LogP contribution in [0.1, 0.15) is 32.6 Å². The van der Waals surface area contributed by atoms with Gasteiger partial charge in [-0.25, -0.2) is 4.98 Å². The molecule has 4 N–H and O–H groups in total. The third-order valence-electron chi connectivity index (χ3n) is 10.1. The number of non-ortho nitro benzene ring substituents is 1. The summed E-state index contributed by atoms with van der Waals surface area (Å²) in [5, 5.41) is 31.6. The van der Waals surface area contributed by atoms with Crippen molar-refractivity contribution in [1.82, 2.24) is 29.9 Å². The molecule has 13 heteroatoms. The average molecular weight is 752 g/mol. The minimum atomic E-state index is -0.478. The van der Waals surface area contributed by atoms with Gasteiger partial charge in [-0.3, -0.25) is 29.9 Å². The molecule has 8 aromatic rings. The highest BCUT2D eigenvalue weighted by atomic mass is 16.6. The predicted octanol–water partition coefficient (Wildman–Crippen LogP) is 8.29. The predicted molar refractivity (Wildman–Crippen MR) is 216 cm³/mol. The van der Waals surface area contributed by atoms with Gasteiger partial charge in [0, 0.05) is 75.9 Å². The molecule has 13 nitrogen and oxygen atoms in total. The quantitative estimate of drug-likeness (QED) is 0.0892. The summed E-state index contributed by atoms with van der Waals surface area (Å²) in [4.78, 5) is 39.5. The number of nitrogens with one attached hydrogen (secondary N) is 4. The van der Waals surface area contributed by atoms with Crippen molar-refractivity contribution < 1.29 is 14.5 Å². The van der Waals surface area contributed by atoms with Crippen LogP contribution in [0, 0.1) is 10.1 Å². The Labute approximate surface area is 325 Å². The SMILES string of the molecule is O=C(Cn1cnc(-c2[nH]nc3c2Cc2ccccc2-3)c1)Nc1ccccc1.O=C(Nc1ccc([N+](=O)[O-])cc1)c1ccc(-c2n[nH]c3c2Cc2ccccc2-3)cc1. The summed E-state index contributed by atoms with van der Waals surface area (Å²) < 4.78 is 1.78. The first-order valence-electron chi connectivity index (χ1n) is 18.2. The van der Waals surface area contributed by atoms with Crippen LogP contribution in [0.4, 0.5) is 17.1 Å². The van der Waals surface area contributed by atoms with Crippen LogP contribution in [0.5, 0.6) is 0 Å². The van der Waals surface area contributed by atoms with E-state index in [2.05, 4.69) is 60.3 Å². The molecule has 57 heavy (non-hydrogen) atoms. The van der Waals surface area contributed by atoms with Gasteiger partial charge in [0.2, 0.25) is 5.91 Å². The van der Waals surface area contributed by atoms with Gasteiger partial charge in [-0.05, 0) is 47.5 Å². The number of carbonyl (C=O) groups is 2. The van der Waals surface area contributed by atoms with Crippen LogP contribution in [0.2, 0.25) is 0 Å². The van der Waals surface area contributed by atoms with Gasteiger partial charge in [0.05, 0.1) is 34.0 Å². The number of amides is 2. The number of imidazole rings is 1. The van der Waals surface area contributed by atoms with Gasteiger partial charge in [0.25, 0.3) is 11.6 Å². The summed E-state index contributed by atoms with van der Waals surface area (Å²) in [5.74, 6) is -0.373. The molecule has 3 heterocycles. The molecule has 5 aromatic carbocycles. The number of H-pyrrole nitrogens is 2. The van der Waals surface area contributed by atoms with Crippen molar-refractivity contribution in [3.63, 3.8) is 0 Å². The number of anilines is 2. The van der Waals surface area contributed by atoms with Crippen molar-refractivity contribution in [1.29, 1.82) is 0 Å². The normalized spacial score (nSPS) is 11.7. The lowest BCUT2D eigenvalue weighted by Gasteiger charge is -2.06. The lowest BCUT2D eigenvalue weighted by atomic mass is 10.0. The molecule has 0 spiro atoms. The van der Waals surface area contributed by atoms with E-state index >= 15 is 0 Å². The maximum Gasteiger partial charge on any atom is 0.269 e. The number of benzene rings is 5. The fraction of sp³-hybridized carbons (Fsp3) is 0.0682. The van der Waals surface area contributed by atoms with Gasteiger partial charge in [-0.1, -0.05) is 78.9 Å². The van der Waals surface area contributed by atoms with Crippen LogP contribution >= 0.6 is 0 Å². The summed E-state index contributed by atoms with van der Waals surface area (Å²) >= 11 is 0. The third-order valence-corrected chi connectivity index (χ3v) is 10.1. The largest absolute Gasteiger partial charge is 0.327 e. The maximum atomic E-state index is 12.5. The molecule has 0 saturated heterocycles. The number of hydrogen-bond acceptors (Lipinski definition) is 7. The number of fused-ring (bicyclic) bond motifs is 6. The maximum absolute atomic E-state index is 12.5. The van der Waals surface area contributed by atoms with Crippen LogP contribution in [0.3, 0.4) is 0 Å². The number of aromatic amines is 2. The molecular weight excluding hydrogens is 719 g/mol. The van der Waals surface area contributed by atoms with Gasteiger partial charge < -0.3 is 15.2 Å². The van der Waals surface area contributed by atoms with Crippen LogP contribution in [-0.4, -0.2) is 46.7 Å². The van der Waals surface area contributed by atoms with Crippen molar-refractivity contribution in [2.45, 2.75) is 19.4 Å². The summed E-state index contributed by atoms with van der Waals surface area (Å²) in [5.41, 5.74) is 14.6. The van der Waals surface area contributed by atoms with Crippen molar-refractivity contribution in [3.8, 4) is 45.2 Å². The van der Waals surface area contributed by atoms with E-state index in [0.29, 0.717) is 11.3 Å². The van der Waals surface area contributed by atoms with E-state index in [-0.39, 0.29) is 24.0 Å². The van der Waals surface area contributed by atoms with Gasteiger partial charge in [0.15, 0.2) is 0 Å². The number of nitro groups is 1. The van der Waals surface area contributed by atoms with Crippen molar-refractivity contribution >= 4 is 28.9 Å². The van der Waals surface area contributed by atoms with Gasteiger partial charge in [-0.15, -0.1) is 0 Å². The van der Waals surface area contributed by atoms with E-state index in [1.165, 1.54) is 52.1 Å². The first-order chi connectivity index (χ1) is 27.9. The molecule has 3 aromatic heterocycles. The van der Waals surface area contributed by atoms with E-state index in [1.54, 1.807) is 23.0 Å². The zero-order valence-corrected chi connectivity index (χ0v) is 30.3. The number of hydrogen-bond donors (Lipinski definition) is 4. The Morgan fingerprint density at radius 3 is 2.04 bits per heavy atom. The average Bonchev–Trinajstić information content (AvgIpc) is 4.07. The highest BCUT2D eigenvalue weighted by Gasteiger charge is 2.26. The number of aromatic nitrogens is 6. The first kappa shape index (κ1) is 34.8. The molecule has 278 valence electrons. The third kappa shape index (κ3) is 6.96. The Morgan fingerprint density at radius 2 is 1.30 bits per heavy atom. The van der Waals surface area contributed by atoms with Crippen LogP contribution in [0.15, 0.2) is 140 Å². The Kier molecular flexibility index (Phi) is 8.99. The Bertz CT molecular complexity index is 2790. The fourth-order valence-corrected chi connectivity index (χ4v) is 7.29. The molecule has 2 aliphatic rings. The topological polar surface area (TPSA) is 177 Å². The zero-order chi connectivity index (χ0) is 38.9. The molecule has 0 bridgehead atoms. The summed E-state index contributed by atoms with van der Waals surface area (Å²) in [7, 11) is 0. The molecule has 0 radical (unpaired) electrons. The minimum absolute atomic E-state index is 0.0222. The second-order valence-corrected chi connectivity index (χ2v) is 13.7. The highest BCUT2D eigenvalue weighted by Crippen LogP contribution is 2.41. The van der Waals surface area contributed by atoms with Gasteiger partial charge >= 0.3 is 0 Å². The van der Waals surface area contributed by atoms with Crippen LogP contribution in [-0.2, 0) is 24.2 Å². The standard InChI is InChI=1S/C23H16N4O3.C21H17N5O/c28-23(24-17-9-11-18(12-10-17)27(29)30)15-7-5-14(6-8-15)21-20-13-16-3-1-2-4-19(16)22(20)26-25-21;27-19(23-15-7-2-1-3-8-15)12-26-11-18(22-13-26)21-17-10-14-6-4-5-9-16(14)20(17)24-25-21/h1-12H,13H2,(H,24,28)(H,25,26);1-9,11,13H,10,12H2,(H,23,27)(H,24,25). The zero-order valence-electron chi connectivity index (χ0n) is 30.3. The smallest absolute Gasteiger partial charge is 0.269 e. The molecule has 2 amide bonds. The number of nitrogens with zero attached hydrogens (tertiary/aromatic N) is 5. The summed E-state index contributed by atoms with van der Waals surface area (Å²) in [6, 6.07) is 39.0. The highest BCUT2D eigenvalue weighted by molar-refractivity contribution is 6.04. The lowest BCUT2D eigenvalue weighted by Crippen LogP contribution is -2.17. The molecule has 0 saturated carbocycles. The summed E-state index contributed by atoms with van der Waals surface area (Å²) in [6.45, 7) is 0.207. The van der Waals surface area contributed by atoms with Crippen LogP contribution < -0.4 is 10.6 Å². The van der Waals surface area contributed by atoms with Gasteiger partial charge in [0.1, 0.15) is 12.2 Å². The minimum Gasteiger partial charge on any atom is -0.327 e. The molecule has 0 fully saturated rings. The molecular formula is C44H33N9O4. The van der Waals surface area contributed by atoms with Crippen molar-refractivity contribution in [2.24, 2.45) is 0 Å². The van der Waals surface area contributed by atoms with E-state index in [1.807, 2.05) is 72.9 Å². The summed E-state index contributed by atoms with van der Waals surface area (Å²) in [6.07, 6.45) is 5.23. The molecule has 2 aliphatic carbocycles. The molecule has 10 rings (SSSR count). The Balaban J connectivity index is 0.000000149. The Hall–Kier alpha value is -7.93. The van der Waals surface area contributed by atoms with E-state index < -0.39 is 4.92 Å². The second-order valence-electron chi connectivity index (χ2n) is 13.7. The molecule has 0 atom stereocenters. The number of nitro benzene ring substituents is 1. The second kappa shape index (κ2) is 14.7. The number of para-hydroxylation sites is 1. The number of carbonyl (C=O) groups excluding carboxylic acids is 2. The fourth-order valence-electron chi connectivity index (χ4n) is 7.29. The first-order valence-corrected chi connectivity index (χ1v) is 18.2. The van der Waals surface area contributed by atoms with Crippen LogP contribution in [0.25, 0.3) is 45.2 Å². The van der Waals surface area contributed by atoms with E-state index in [0.717, 1.165) is 58.1 Å². The molecule has 0 aliphatic heterocycles. The molecule has 0 unspecified atom stereocenters. The van der Waals surface area contributed by atoms with E-state index in [4.69, 9.17) is 0 Å². The number of rotatable bonds is 8. The lowest BCUT2D eigenvalue weighted by molar-refractivity contribution is -0.384.